The Morgan fingerprint density at radius 3 is 2.06 bits per heavy atom. The molecule has 1 amide bonds. The number of hydrogen-bond acceptors (Lipinski definition) is 5. The molecule has 9 heteroatoms. The molecule has 1 aromatic rings. The second-order valence-electron chi connectivity index (χ2n) is 10.8. The van der Waals surface area contributed by atoms with Gasteiger partial charge in [-0.15, -0.1) is 0 Å². The second kappa shape index (κ2) is 8.82. The van der Waals surface area contributed by atoms with Gasteiger partial charge in [0.1, 0.15) is 0 Å². The summed E-state index contributed by atoms with van der Waals surface area (Å²) in [7, 11) is -3.13. The number of nitrogens with one attached hydrogen (secondary N) is 2. The van der Waals surface area contributed by atoms with Crippen LogP contribution in [0.4, 0.5) is 11.4 Å². The average molecular weight is 491 g/mol. The van der Waals surface area contributed by atoms with E-state index in [1.54, 1.807) is 0 Å². The van der Waals surface area contributed by atoms with E-state index in [1.807, 2.05) is 24.3 Å². The molecule has 1 heterocycles. The van der Waals surface area contributed by atoms with Crippen molar-refractivity contribution in [2.75, 3.05) is 42.7 Å². The summed E-state index contributed by atoms with van der Waals surface area (Å²) in [6.07, 6.45) is 9.63. The van der Waals surface area contributed by atoms with E-state index >= 15 is 0 Å². The largest absolute Gasteiger partial charge is 0.369 e. The van der Waals surface area contributed by atoms with Gasteiger partial charge in [0.05, 0.1) is 6.26 Å². The molecule has 5 fully saturated rings. The Bertz CT molecular complexity index is 981. The maximum atomic E-state index is 12.8. The zero-order valence-electron chi connectivity index (χ0n) is 19.3. The fourth-order valence-corrected chi connectivity index (χ4v) is 8.27. The predicted octanol–water partition coefficient (Wildman–Crippen LogP) is 3.19. The first-order valence-electron chi connectivity index (χ1n) is 12.1. The van der Waals surface area contributed by atoms with Crippen molar-refractivity contribution in [3.05, 3.63) is 24.3 Å². The smallest absolute Gasteiger partial charge is 0.226 e. The molecule has 4 saturated carbocycles. The average Bonchev–Trinajstić information content (AvgIpc) is 2.72. The van der Waals surface area contributed by atoms with Crippen LogP contribution >= 0.6 is 12.2 Å². The first-order valence-corrected chi connectivity index (χ1v) is 14.3. The zero-order valence-corrected chi connectivity index (χ0v) is 20.9. The van der Waals surface area contributed by atoms with Crippen LogP contribution in [0.1, 0.15) is 44.9 Å². The van der Waals surface area contributed by atoms with Gasteiger partial charge in [-0.2, -0.15) is 4.31 Å². The van der Waals surface area contributed by atoms with E-state index in [9.17, 15) is 13.2 Å². The number of benzene rings is 1. The number of carbonyl (C=O) groups excluding carboxylic acids is 1. The lowest BCUT2D eigenvalue weighted by Gasteiger charge is -2.56. The lowest BCUT2D eigenvalue weighted by Crippen LogP contribution is -2.48. The Balaban J connectivity index is 1.11. The van der Waals surface area contributed by atoms with Crippen molar-refractivity contribution in [1.82, 2.24) is 9.62 Å². The molecule has 0 atom stereocenters. The van der Waals surface area contributed by atoms with Gasteiger partial charge in [-0.05, 0) is 98.2 Å². The van der Waals surface area contributed by atoms with Crippen molar-refractivity contribution in [1.29, 1.82) is 0 Å². The number of carbonyl (C=O) groups is 1. The van der Waals surface area contributed by atoms with Crippen molar-refractivity contribution in [3.8, 4) is 0 Å². The normalized spacial score (nSPS) is 31.4. The fourth-order valence-electron chi connectivity index (χ4n) is 7.21. The summed E-state index contributed by atoms with van der Waals surface area (Å²) in [5, 5.41) is 6.39. The first-order chi connectivity index (χ1) is 15.7. The predicted molar refractivity (Wildman–Crippen MR) is 135 cm³/mol. The van der Waals surface area contributed by atoms with Crippen LogP contribution in [0.25, 0.3) is 0 Å². The lowest BCUT2D eigenvalue weighted by molar-refractivity contribution is -0.127. The Morgan fingerprint density at radius 1 is 1.00 bits per heavy atom. The van der Waals surface area contributed by atoms with Gasteiger partial charge < -0.3 is 15.5 Å². The summed E-state index contributed by atoms with van der Waals surface area (Å²) >= 11 is 5.41. The number of rotatable bonds is 5. The van der Waals surface area contributed by atoms with Crippen LogP contribution in [-0.2, 0) is 14.8 Å². The summed E-state index contributed by atoms with van der Waals surface area (Å²) in [5.41, 5.74) is 2.08. The van der Waals surface area contributed by atoms with Gasteiger partial charge in [0.25, 0.3) is 0 Å². The maximum absolute atomic E-state index is 12.8. The molecule has 6 rings (SSSR count). The van der Waals surface area contributed by atoms with Crippen molar-refractivity contribution in [2.45, 2.75) is 44.9 Å². The highest BCUT2D eigenvalue weighted by molar-refractivity contribution is 7.88. The molecular formula is C24H34N4O3S2. The highest BCUT2D eigenvalue weighted by Crippen LogP contribution is 2.61. The Kier molecular flexibility index (Phi) is 6.16. The third kappa shape index (κ3) is 5.20. The van der Waals surface area contributed by atoms with E-state index < -0.39 is 10.0 Å². The summed E-state index contributed by atoms with van der Waals surface area (Å²) in [5.74, 6) is 2.54. The number of nitrogens with zero attached hydrogens (tertiary/aromatic N) is 2. The molecule has 4 aliphatic carbocycles. The number of hydrogen-bond donors (Lipinski definition) is 2. The molecule has 4 bridgehead atoms. The number of anilines is 2. The standard InChI is InChI=1S/C24H34N4O3S2/c1-33(30,31)28-8-6-27(7-9-28)21-4-2-20(3-5-21)25-23(32)26-22(29)16-24-13-17-10-18(14-24)12-19(11-17)15-24/h2-5,17-19H,6-16H2,1H3,(H2,25,26,29,32). The van der Waals surface area contributed by atoms with Crippen LogP contribution in [0, 0.1) is 23.2 Å². The molecule has 1 aromatic carbocycles. The van der Waals surface area contributed by atoms with Gasteiger partial charge in [0.15, 0.2) is 5.11 Å². The van der Waals surface area contributed by atoms with Crippen LogP contribution in [0.15, 0.2) is 24.3 Å². The summed E-state index contributed by atoms with van der Waals surface area (Å²) in [6, 6.07) is 7.88. The minimum Gasteiger partial charge on any atom is -0.369 e. The topological polar surface area (TPSA) is 81.8 Å². The molecule has 0 unspecified atom stereocenters. The van der Waals surface area contributed by atoms with Crippen LogP contribution in [-0.4, -0.2) is 56.2 Å². The minimum atomic E-state index is -3.13. The Hall–Kier alpha value is -1.71. The third-order valence-corrected chi connectivity index (χ3v) is 9.66. The third-order valence-electron chi connectivity index (χ3n) is 8.15. The molecule has 1 aliphatic heterocycles. The van der Waals surface area contributed by atoms with Crippen molar-refractivity contribution in [2.24, 2.45) is 23.2 Å². The zero-order chi connectivity index (χ0) is 23.2. The van der Waals surface area contributed by atoms with E-state index in [2.05, 4.69) is 15.5 Å². The summed E-state index contributed by atoms with van der Waals surface area (Å²) in [4.78, 5) is 15.0. The van der Waals surface area contributed by atoms with Gasteiger partial charge in [-0.3, -0.25) is 4.79 Å². The monoisotopic (exact) mass is 490 g/mol. The van der Waals surface area contributed by atoms with Gasteiger partial charge in [-0.1, -0.05) is 0 Å². The second-order valence-corrected chi connectivity index (χ2v) is 13.2. The van der Waals surface area contributed by atoms with Gasteiger partial charge >= 0.3 is 0 Å². The minimum absolute atomic E-state index is 0.0369. The van der Waals surface area contributed by atoms with E-state index in [-0.39, 0.29) is 11.3 Å². The van der Waals surface area contributed by atoms with Crippen LogP contribution in [0.2, 0.25) is 0 Å². The molecular weight excluding hydrogens is 456 g/mol. The van der Waals surface area contributed by atoms with Gasteiger partial charge in [0, 0.05) is 44.0 Å². The maximum Gasteiger partial charge on any atom is 0.226 e. The number of piperazine rings is 1. The highest BCUT2D eigenvalue weighted by atomic mass is 32.2. The first kappa shape index (κ1) is 23.1. The number of sulfonamides is 1. The Labute approximate surface area is 202 Å². The fraction of sp³-hybridized carbons (Fsp3) is 0.667. The van der Waals surface area contributed by atoms with Crippen molar-refractivity contribution in [3.63, 3.8) is 0 Å². The van der Waals surface area contributed by atoms with Crippen molar-refractivity contribution >= 4 is 44.6 Å². The van der Waals surface area contributed by atoms with Crippen molar-refractivity contribution < 1.29 is 13.2 Å². The van der Waals surface area contributed by atoms with E-state index in [0.717, 1.165) is 29.1 Å². The number of amides is 1. The molecule has 7 nitrogen and oxygen atoms in total. The molecule has 0 spiro atoms. The molecule has 0 aromatic heterocycles. The molecule has 0 radical (unpaired) electrons. The number of thiocarbonyl (C=S) groups is 1. The van der Waals surface area contributed by atoms with Crippen LogP contribution in [0.3, 0.4) is 0 Å². The SMILES string of the molecule is CS(=O)(=O)N1CCN(c2ccc(NC(=S)NC(=O)CC34CC5CC(CC(C5)C3)C4)cc2)CC1. The molecule has 33 heavy (non-hydrogen) atoms. The molecule has 2 N–H and O–H groups in total. The highest BCUT2D eigenvalue weighted by Gasteiger charge is 2.51. The van der Waals surface area contributed by atoms with Crippen LogP contribution < -0.4 is 15.5 Å². The van der Waals surface area contributed by atoms with Crippen LogP contribution in [0.5, 0.6) is 0 Å². The lowest BCUT2D eigenvalue weighted by atomic mass is 9.49. The van der Waals surface area contributed by atoms with Gasteiger partial charge in [-0.25, -0.2) is 8.42 Å². The molecule has 180 valence electrons. The van der Waals surface area contributed by atoms with E-state index in [0.29, 0.717) is 37.7 Å². The summed E-state index contributed by atoms with van der Waals surface area (Å²) < 4.78 is 24.9. The summed E-state index contributed by atoms with van der Waals surface area (Å²) in [6.45, 7) is 2.33. The quantitative estimate of drug-likeness (QED) is 0.617. The Morgan fingerprint density at radius 2 is 1.55 bits per heavy atom. The van der Waals surface area contributed by atoms with Gasteiger partial charge in [0.2, 0.25) is 15.9 Å². The van der Waals surface area contributed by atoms with E-state index in [4.69, 9.17) is 12.2 Å². The van der Waals surface area contributed by atoms with E-state index in [1.165, 1.54) is 49.1 Å². The molecule has 1 saturated heterocycles. The molecule has 5 aliphatic rings.